The molecule has 3 heteroatoms. The monoisotopic (exact) mass is 188 g/mol. The molecule has 3 nitrogen and oxygen atoms in total. The minimum Gasteiger partial charge on any atom is -0.384 e. The molecule has 14 heavy (non-hydrogen) atoms. The third-order valence-corrected chi connectivity index (χ3v) is 3.48. The number of benzene rings is 1. The molecule has 2 atom stereocenters. The molecule has 3 N–H and O–H groups in total. The van der Waals surface area contributed by atoms with Gasteiger partial charge in [0.15, 0.2) is 0 Å². The largest absolute Gasteiger partial charge is 0.384 e. The molecule has 1 aromatic rings. The molecule has 1 amide bonds. The third kappa shape index (κ3) is 0.794. The van der Waals surface area contributed by atoms with Crippen molar-refractivity contribution in [3.63, 3.8) is 0 Å². The van der Waals surface area contributed by atoms with Crippen LogP contribution in [-0.2, 0) is 10.2 Å². The molecule has 0 aromatic heterocycles. The molecule has 2 aliphatic rings. The Hall–Kier alpha value is -1.51. The smallest absolute Gasteiger partial charge is 0.221 e. The Morgan fingerprint density at radius 2 is 2.29 bits per heavy atom. The lowest BCUT2D eigenvalue weighted by Crippen LogP contribution is -2.22. The first-order chi connectivity index (χ1) is 6.74. The third-order valence-electron chi connectivity index (χ3n) is 3.48. The van der Waals surface area contributed by atoms with E-state index in [0.717, 1.165) is 18.7 Å². The van der Waals surface area contributed by atoms with Crippen LogP contribution in [0.3, 0.4) is 0 Å². The summed E-state index contributed by atoms with van der Waals surface area (Å²) >= 11 is 0. The predicted octanol–water partition coefficient (Wildman–Crippen LogP) is 0.855. The number of hydrogen-bond acceptors (Lipinski definition) is 2. The first-order valence-electron chi connectivity index (χ1n) is 4.87. The van der Waals surface area contributed by atoms with Crippen LogP contribution in [-0.4, -0.2) is 12.5 Å². The number of carbonyl (C=O) groups excluding carboxylic acids is 1. The highest BCUT2D eigenvalue weighted by atomic mass is 16.1. The number of nitrogens with one attached hydrogen (secondary N) is 1. The summed E-state index contributed by atoms with van der Waals surface area (Å²) in [7, 11) is 0. The van der Waals surface area contributed by atoms with E-state index in [9.17, 15) is 4.79 Å². The number of para-hydroxylation sites is 1. The fourth-order valence-corrected chi connectivity index (χ4v) is 2.59. The molecule has 1 spiro atoms. The Balaban J connectivity index is 2.04. The Morgan fingerprint density at radius 3 is 3.00 bits per heavy atom. The van der Waals surface area contributed by atoms with Gasteiger partial charge in [0.05, 0.1) is 5.92 Å². The highest BCUT2D eigenvalue weighted by Gasteiger charge is 2.61. The number of rotatable bonds is 1. The van der Waals surface area contributed by atoms with Crippen molar-refractivity contribution in [2.45, 2.75) is 11.8 Å². The van der Waals surface area contributed by atoms with Crippen molar-refractivity contribution in [1.82, 2.24) is 0 Å². The van der Waals surface area contributed by atoms with Crippen LogP contribution in [0.5, 0.6) is 0 Å². The van der Waals surface area contributed by atoms with Crippen molar-refractivity contribution in [2.75, 3.05) is 11.9 Å². The fourth-order valence-electron chi connectivity index (χ4n) is 2.59. The standard InChI is InChI=1S/C11H12N2O/c12-10(14)8-5-11(8)6-13-9-4-2-1-3-7(9)11/h1-4,8,13H,5-6H2,(H2,12,14). The van der Waals surface area contributed by atoms with Crippen molar-refractivity contribution in [1.29, 1.82) is 0 Å². The topological polar surface area (TPSA) is 55.1 Å². The first-order valence-corrected chi connectivity index (χ1v) is 4.87. The number of nitrogens with two attached hydrogens (primary N) is 1. The summed E-state index contributed by atoms with van der Waals surface area (Å²) in [4.78, 5) is 11.1. The predicted molar refractivity (Wildman–Crippen MR) is 53.9 cm³/mol. The van der Waals surface area contributed by atoms with E-state index in [4.69, 9.17) is 5.73 Å². The van der Waals surface area contributed by atoms with Crippen molar-refractivity contribution < 1.29 is 4.79 Å². The second-order valence-corrected chi connectivity index (χ2v) is 4.21. The van der Waals surface area contributed by atoms with Crippen molar-refractivity contribution >= 4 is 11.6 Å². The van der Waals surface area contributed by atoms with Gasteiger partial charge in [0.25, 0.3) is 0 Å². The number of amides is 1. The number of primary amides is 1. The minimum absolute atomic E-state index is 0.0302. The van der Waals surface area contributed by atoms with Crippen LogP contribution in [0.4, 0.5) is 5.69 Å². The molecular formula is C11H12N2O. The zero-order valence-corrected chi connectivity index (χ0v) is 7.79. The zero-order valence-electron chi connectivity index (χ0n) is 7.79. The van der Waals surface area contributed by atoms with Crippen LogP contribution in [0.15, 0.2) is 24.3 Å². The highest BCUT2D eigenvalue weighted by molar-refractivity contribution is 5.85. The van der Waals surface area contributed by atoms with Gasteiger partial charge in [-0.3, -0.25) is 4.79 Å². The van der Waals surface area contributed by atoms with E-state index in [1.165, 1.54) is 5.56 Å². The van der Waals surface area contributed by atoms with Gasteiger partial charge in [0, 0.05) is 17.6 Å². The van der Waals surface area contributed by atoms with Gasteiger partial charge in [-0.25, -0.2) is 0 Å². The Kier molecular flexibility index (Phi) is 1.29. The summed E-state index contributed by atoms with van der Waals surface area (Å²) in [6.45, 7) is 0.861. The lowest BCUT2D eigenvalue weighted by molar-refractivity contribution is -0.119. The van der Waals surface area contributed by atoms with Crippen LogP contribution in [0.25, 0.3) is 0 Å². The molecule has 1 aliphatic carbocycles. The number of anilines is 1. The van der Waals surface area contributed by atoms with Gasteiger partial charge in [-0.1, -0.05) is 18.2 Å². The zero-order chi connectivity index (χ0) is 9.76. The molecule has 1 heterocycles. The first kappa shape index (κ1) is 7.85. The van der Waals surface area contributed by atoms with E-state index in [1.54, 1.807) is 0 Å². The normalized spacial score (nSPS) is 32.4. The molecular weight excluding hydrogens is 176 g/mol. The molecule has 1 saturated carbocycles. The molecule has 1 fully saturated rings. The van der Waals surface area contributed by atoms with E-state index in [-0.39, 0.29) is 17.2 Å². The van der Waals surface area contributed by atoms with Gasteiger partial charge in [-0.15, -0.1) is 0 Å². The summed E-state index contributed by atoms with van der Waals surface area (Å²) in [6, 6.07) is 8.18. The van der Waals surface area contributed by atoms with E-state index in [0.29, 0.717) is 0 Å². The molecule has 2 unspecified atom stereocenters. The second kappa shape index (κ2) is 2.29. The lowest BCUT2D eigenvalue weighted by atomic mass is 9.95. The van der Waals surface area contributed by atoms with Gasteiger partial charge in [-0.05, 0) is 18.1 Å². The van der Waals surface area contributed by atoms with Gasteiger partial charge in [0.2, 0.25) is 5.91 Å². The van der Waals surface area contributed by atoms with E-state index >= 15 is 0 Å². The summed E-state index contributed by atoms with van der Waals surface area (Å²) in [5, 5.41) is 3.33. The SMILES string of the molecule is NC(=O)C1CC12CNc1ccccc12. The molecule has 3 rings (SSSR count). The van der Waals surface area contributed by atoms with E-state index in [2.05, 4.69) is 17.4 Å². The summed E-state index contributed by atoms with van der Waals surface area (Å²) in [5.41, 5.74) is 7.80. The molecule has 72 valence electrons. The maximum Gasteiger partial charge on any atom is 0.221 e. The number of carbonyl (C=O) groups is 1. The Labute approximate surface area is 82.3 Å². The highest BCUT2D eigenvalue weighted by Crippen LogP contribution is 2.58. The van der Waals surface area contributed by atoms with E-state index < -0.39 is 0 Å². The van der Waals surface area contributed by atoms with Crippen molar-refractivity contribution in [3.05, 3.63) is 29.8 Å². The molecule has 1 aliphatic heterocycles. The number of hydrogen-bond donors (Lipinski definition) is 2. The molecule has 0 bridgehead atoms. The van der Waals surface area contributed by atoms with Crippen LogP contribution in [0, 0.1) is 5.92 Å². The molecule has 0 radical (unpaired) electrons. The van der Waals surface area contributed by atoms with Crippen LogP contribution in [0.2, 0.25) is 0 Å². The van der Waals surface area contributed by atoms with Crippen LogP contribution in [0.1, 0.15) is 12.0 Å². The Morgan fingerprint density at radius 1 is 1.50 bits per heavy atom. The van der Waals surface area contributed by atoms with Crippen LogP contribution >= 0.6 is 0 Å². The second-order valence-electron chi connectivity index (χ2n) is 4.21. The van der Waals surface area contributed by atoms with Crippen LogP contribution < -0.4 is 11.1 Å². The van der Waals surface area contributed by atoms with Gasteiger partial charge >= 0.3 is 0 Å². The quantitative estimate of drug-likeness (QED) is 0.686. The summed E-state index contributed by atoms with van der Waals surface area (Å²) < 4.78 is 0. The van der Waals surface area contributed by atoms with Crippen molar-refractivity contribution in [2.24, 2.45) is 11.7 Å². The number of fused-ring (bicyclic) bond motifs is 2. The Bertz CT molecular complexity index is 416. The van der Waals surface area contributed by atoms with E-state index in [1.807, 2.05) is 12.1 Å². The summed E-state index contributed by atoms with van der Waals surface area (Å²) in [5.74, 6) is -0.123. The minimum atomic E-state index is -0.163. The average Bonchev–Trinajstić information content (AvgIpc) is 2.80. The van der Waals surface area contributed by atoms with Gasteiger partial charge in [0.1, 0.15) is 0 Å². The molecule has 0 saturated heterocycles. The van der Waals surface area contributed by atoms with Crippen molar-refractivity contribution in [3.8, 4) is 0 Å². The average molecular weight is 188 g/mol. The summed E-state index contributed by atoms with van der Waals surface area (Å²) in [6.07, 6.45) is 0.909. The van der Waals surface area contributed by atoms with Gasteiger partial charge < -0.3 is 11.1 Å². The lowest BCUT2D eigenvalue weighted by Gasteiger charge is -2.07. The maximum atomic E-state index is 11.1. The van der Waals surface area contributed by atoms with Gasteiger partial charge in [-0.2, -0.15) is 0 Å². The molecule has 1 aromatic carbocycles. The fraction of sp³-hybridized carbons (Fsp3) is 0.364. The maximum absolute atomic E-state index is 11.1.